The van der Waals surface area contributed by atoms with Crippen LogP contribution in [0.3, 0.4) is 0 Å². The van der Waals surface area contributed by atoms with Gasteiger partial charge in [-0.3, -0.25) is 4.79 Å². The van der Waals surface area contributed by atoms with Gasteiger partial charge >= 0.3 is 5.97 Å². The van der Waals surface area contributed by atoms with Crippen LogP contribution in [-0.4, -0.2) is 12.6 Å². The van der Waals surface area contributed by atoms with E-state index in [0.29, 0.717) is 13.0 Å². The van der Waals surface area contributed by atoms with Crippen LogP contribution < -0.4 is 0 Å². The molecule has 0 amide bonds. The lowest BCUT2D eigenvalue weighted by Gasteiger charge is -2.03. The zero-order valence-electron chi connectivity index (χ0n) is 16.6. The molecule has 0 aromatic carbocycles. The zero-order chi connectivity index (χ0) is 18.2. The highest BCUT2D eigenvalue weighted by atomic mass is 16.5. The normalized spacial score (nSPS) is 12.2. The summed E-state index contributed by atoms with van der Waals surface area (Å²) in [6, 6.07) is 0. The first kappa shape index (κ1) is 22.7. The monoisotopic (exact) mass is 334 g/mol. The highest BCUT2D eigenvalue weighted by Crippen LogP contribution is 2.13. The third kappa shape index (κ3) is 15.6. The molecule has 0 spiro atoms. The molecule has 2 nitrogen and oxygen atoms in total. The predicted molar refractivity (Wildman–Crippen MR) is 105 cm³/mol. The van der Waals surface area contributed by atoms with Crippen LogP contribution in [0.25, 0.3) is 0 Å². The molecule has 0 saturated carbocycles. The smallest absolute Gasteiger partial charge is 0.305 e. The van der Waals surface area contributed by atoms with E-state index < -0.39 is 0 Å². The van der Waals surface area contributed by atoms with E-state index in [4.69, 9.17) is 4.74 Å². The summed E-state index contributed by atoms with van der Waals surface area (Å²) in [6.45, 7) is 11.1. The number of esters is 1. The summed E-state index contributed by atoms with van der Waals surface area (Å²) in [7, 11) is 0. The molecule has 0 bridgehead atoms. The second-order valence-corrected chi connectivity index (χ2v) is 6.86. The largest absolute Gasteiger partial charge is 0.466 e. The van der Waals surface area contributed by atoms with E-state index in [0.717, 1.165) is 44.9 Å². The lowest BCUT2D eigenvalue weighted by atomic mass is 10.0. The van der Waals surface area contributed by atoms with Crippen LogP contribution in [0.5, 0.6) is 0 Å². The van der Waals surface area contributed by atoms with Gasteiger partial charge in [0.15, 0.2) is 0 Å². The Hall–Kier alpha value is -1.31. The number of carbonyl (C=O) groups is 1. The fourth-order valence-electron chi connectivity index (χ4n) is 2.51. The first-order valence-corrected chi connectivity index (χ1v) is 9.56. The molecule has 0 rings (SSSR count). The Morgan fingerprint density at radius 2 is 1.33 bits per heavy atom. The Bertz CT molecular complexity index is 423. The van der Waals surface area contributed by atoms with Crippen LogP contribution >= 0.6 is 0 Å². The van der Waals surface area contributed by atoms with Crippen LogP contribution in [0.15, 0.2) is 34.9 Å². The number of rotatable bonds is 13. The summed E-state index contributed by atoms with van der Waals surface area (Å²) in [5, 5.41) is 0. The minimum Gasteiger partial charge on any atom is -0.466 e. The van der Waals surface area contributed by atoms with Crippen LogP contribution in [-0.2, 0) is 9.53 Å². The first-order chi connectivity index (χ1) is 11.5. The van der Waals surface area contributed by atoms with Crippen molar-refractivity contribution in [3.63, 3.8) is 0 Å². The summed E-state index contributed by atoms with van der Waals surface area (Å²) < 4.78 is 4.93. The lowest BCUT2D eigenvalue weighted by molar-refractivity contribution is -0.143. The molecule has 0 aromatic rings. The number of ether oxygens (including phenoxy) is 1. The van der Waals surface area contributed by atoms with Crippen LogP contribution in [0.4, 0.5) is 0 Å². The average molecular weight is 335 g/mol. The molecule has 0 unspecified atom stereocenters. The van der Waals surface area contributed by atoms with Crippen molar-refractivity contribution in [1.82, 2.24) is 0 Å². The van der Waals surface area contributed by atoms with Crippen molar-refractivity contribution in [3.05, 3.63) is 34.9 Å². The molecular formula is C22H38O2. The van der Waals surface area contributed by atoms with Crippen molar-refractivity contribution >= 4 is 5.97 Å². The Morgan fingerprint density at radius 3 is 1.92 bits per heavy atom. The Balaban J connectivity index is 3.72. The number of carbonyl (C=O) groups excluding carboxylic acids is 1. The molecular weight excluding hydrogens is 296 g/mol. The molecule has 0 aromatic heterocycles. The summed E-state index contributed by atoms with van der Waals surface area (Å²) >= 11 is 0. The second kappa shape index (κ2) is 15.2. The van der Waals surface area contributed by atoms with Gasteiger partial charge in [-0.1, -0.05) is 41.4 Å². The van der Waals surface area contributed by atoms with E-state index >= 15 is 0 Å². The SMILES string of the molecule is CCOC(=O)CCCCC/C=C(\C)CC/C=C(\C)CCC=C(C)C. The summed E-state index contributed by atoms with van der Waals surface area (Å²) in [5.41, 5.74) is 4.39. The first-order valence-electron chi connectivity index (χ1n) is 9.56. The van der Waals surface area contributed by atoms with E-state index in [1.807, 2.05) is 6.92 Å². The molecule has 0 fully saturated rings. The fraction of sp³-hybridized carbons (Fsp3) is 0.682. The topological polar surface area (TPSA) is 26.3 Å². The maximum Gasteiger partial charge on any atom is 0.305 e. The second-order valence-electron chi connectivity index (χ2n) is 6.86. The third-order valence-corrected chi connectivity index (χ3v) is 4.01. The van der Waals surface area contributed by atoms with Gasteiger partial charge < -0.3 is 4.74 Å². The quantitative estimate of drug-likeness (QED) is 0.207. The molecule has 0 radical (unpaired) electrons. The van der Waals surface area contributed by atoms with E-state index in [-0.39, 0.29) is 5.97 Å². The molecule has 0 saturated heterocycles. The van der Waals surface area contributed by atoms with E-state index in [1.165, 1.54) is 23.1 Å². The molecule has 2 heteroatoms. The van der Waals surface area contributed by atoms with Gasteiger partial charge in [0.1, 0.15) is 0 Å². The number of hydrogen-bond donors (Lipinski definition) is 0. The Labute approximate surface area is 150 Å². The minimum absolute atomic E-state index is 0.0593. The fourth-order valence-corrected chi connectivity index (χ4v) is 2.51. The maximum absolute atomic E-state index is 11.2. The van der Waals surface area contributed by atoms with Gasteiger partial charge in [-0.2, -0.15) is 0 Å². The van der Waals surface area contributed by atoms with E-state index in [1.54, 1.807) is 0 Å². The molecule has 24 heavy (non-hydrogen) atoms. The summed E-state index contributed by atoms with van der Waals surface area (Å²) in [6.07, 6.45) is 16.6. The van der Waals surface area contributed by atoms with Crippen molar-refractivity contribution in [3.8, 4) is 0 Å². The Kier molecular flexibility index (Phi) is 14.4. The van der Waals surface area contributed by atoms with Gasteiger partial charge in [-0.05, 0) is 79.6 Å². The molecule has 0 atom stereocenters. The van der Waals surface area contributed by atoms with Crippen molar-refractivity contribution in [1.29, 1.82) is 0 Å². The van der Waals surface area contributed by atoms with E-state index in [2.05, 4.69) is 45.9 Å². The lowest BCUT2D eigenvalue weighted by Crippen LogP contribution is -2.02. The molecule has 0 heterocycles. The van der Waals surface area contributed by atoms with Gasteiger partial charge in [0.2, 0.25) is 0 Å². The van der Waals surface area contributed by atoms with Gasteiger partial charge in [-0.25, -0.2) is 0 Å². The van der Waals surface area contributed by atoms with Crippen molar-refractivity contribution < 1.29 is 9.53 Å². The molecule has 0 aliphatic rings. The third-order valence-electron chi connectivity index (χ3n) is 4.01. The summed E-state index contributed by atoms with van der Waals surface area (Å²) in [5.74, 6) is -0.0593. The molecule has 0 N–H and O–H groups in total. The number of unbranched alkanes of at least 4 members (excludes halogenated alkanes) is 3. The van der Waals surface area contributed by atoms with Crippen molar-refractivity contribution in [2.24, 2.45) is 0 Å². The highest BCUT2D eigenvalue weighted by molar-refractivity contribution is 5.69. The molecule has 0 aliphatic heterocycles. The minimum atomic E-state index is -0.0593. The van der Waals surface area contributed by atoms with Crippen LogP contribution in [0.1, 0.15) is 92.4 Å². The van der Waals surface area contributed by atoms with Crippen LogP contribution in [0, 0.1) is 0 Å². The Morgan fingerprint density at radius 1 is 0.750 bits per heavy atom. The van der Waals surface area contributed by atoms with Crippen molar-refractivity contribution in [2.75, 3.05) is 6.61 Å². The number of hydrogen-bond acceptors (Lipinski definition) is 2. The van der Waals surface area contributed by atoms with E-state index in [9.17, 15) is 4.79 Å². The average Bonchev–Trinajstić information content (AvgIpc) is 2.50. The summed E-state index contributed by atoms with van der Waals surface area (Å²) in [4.78, 5) is 11.2. The maximum atomic E-state index is 11.2. The van der Waals surface area contributed by atoms with Crippen molar-refractivity contribution in [2.45, 2.75) is 92.4 Å². The van der Waals surface area contributed by atoms with Gasteiger partial charge in [0.25, 0.3) is 0 Å². The zero-order valence-corrected chi connectivity index (χ0v) is 16.6. The molecule has 0 aliphatic carbocycles. The number of allylic oxidation sites excluding steroid dienone is 6. The van der Waals surface area contributed by atoms with Crippen LogP contribution in [0.2, 0.25) is 0 Å². The standard InChI is InChI=1S/C22H38O2/c1-6-24-22(23)18-10-8-7-9-14-20(4)16-12-17-21(5)15-11-13-19(2)3/h13-14,17H,6-12,15-16,18H2,1-5H3/b20-14+,21-17+. The van der Waals surface area contributed by atoms with Gasteiger partial charge in [0, 0.05) is 6.42 Å². The predicted octanol–water partition coefficient (Wildman–Crippen LogP) is 6.92. The van der Waals surface area contributed by atoms with Gasteiger partial charge in [-0.15, -0.1) is 0 Å². The molecule has 138 valence electrons. The highest BCUT2D eigenvalue weighted by Gasteiger charge is 2.00. The van der Waals surface area contributed by atoms with Gasteiger partial charge in [0.05, 0.1) is 6.61 Å².